The van der Waals surface area contributed by atoms with Crippen molar-refractivity contribution in [2.45, 2.75) is 33.2 Å². The molecule has 172 valence electrons. The van der Waals surface area contributed by atoms with Crippen LogP contribution in [0.2, 0.25) is 0 Å². The van der Waals surface area contributed by atoms with Crippen molar-refractivity contribution in [2.24, 2.45) is 4.99 Å². The molecule has 0 unspecified atom stereocenters. The normalized spacial score (nSPS) is 13.6. The van der Waals surface area contributed by atoms with E-state index >= 15 is 0 Å². The lowest BCUT2D eigenvalue weighted by atomic mass is 10.2. The number of rotatable bonds is 8. The van der Waals surface area contributed by atoms with Crippen molar-refractivity contribution < 1.29 is 14.3 Å². The summed E-state index contributed by atoms with van der Waals surface area (Å²) in [5.41, 5.74) is 2.64. The highest BCUT2D eigenvalue weighted by molar-refractivity contribution is 5.94. The predicted octanol–water partition coefficient (Wildman–Crippen LogP) is 4.30. The van der Waals surface area contributed by atoms with Crippen LogP contribution in [-0.2, 0) is 6.54 Å². The zero-order valence-electron chi connectivity index (χ0n) is 19.1. The second kappa shape index (κ2) is 11.8. The van der Waals surface area contributed by atoms with Gasteiger partial charge in [-0.2, -0.15) is 0 Å². The van der Waals surface area contributed by atoms with E-state index in [1.165, 1.54) is 0 Å². The van der Waals surface area contributed by atoms with Gasteiger partial charge >= 0.3 is 6.03 Å². The van der Waals surface area contributed by atoms with Gasteiger partial charge in [-0.1, -0.05) is 12.1 Å². The van der Waals surface area contributed by atoms with Crippen molar-refractivity contribution in [1.82, 2.24) is 10.2 Å². The number of carbonyl (C=O) groups is 1. The van der Waals surface area contributed by atoms with Gasteiger partial charge in [0.2, 0.25) is 0 Å². The van der Waals surface area contributed by atoms with Crippen LogP contribution in [0.15, 0.2) is 47.5 Å². The minimum absolute atomic E-state index is 0.0391. The van der Waals surface area contributed by atoms with Gasteiger partial charge in [-0.15, -0.1) is 0 Å². The minimum atomic E-state index is -0.0391. The van der Waals surface area contributed by atoms with Crippen LogP contribution in [0.4, 0.5) is 16.2 Å². The number of methoxy groups -OCH3 is 1. The SMILES string of the molecule is CCNC(=NCc1cccc(NC(=O)N2CCCC2)c1)Nc1ccc(OC)c(OCC)c1. The van der Waals surface area contributed by atoms with Crippen LogP contribution in [0.1, 0.15) is 32.3 Å². The number of nitrogens with one attached hydrogen (secondary N) is 3. The lowest BCUT2D eigenvalue weighted by molar-refractivity contribution is 0.222. The molecule has 0 atom stereocenters. The molecule has 0 saturated carbocycles. The molecule has 2 aromatic rings. The summed E-state index contributed by atoms with van der Waals surface area (Å²) in [5.74, 6) is 2.02. The zero-order chi connectivity index (χ0) is 22.8. The monoisotopic (exact) mass is 439 g/mol. The molecule has 3 rings (SSSR count). The van der Waals surface area contributed by atoms with E-state index in [2.05, 4.69) is 16.0 Å². The summed E-state index contributed by atoms with van der Waals surface area (Å²) in [6, 6.07) is 13.4. The molecule has 8 heteroatoms. The van der Waals surface area contributed by atoms with Crippen LogP contribution in [-0.4, -0.2) is 50.2 Å². The van der Waals surface area contributed by atoms with Crippen LogP contribution in [0.5, 0.6) is 11.5 Å². The molecule has 1 heterocycles. The van der Waals surface area contributed by atoms with Crippen LogP contribution in [0, 0.1) is 0 Å². The maximum Gasteiger partial charge on any atom is 0.321 e. The maximum absolute atomic E-state index is 12.3. The topological polar surface area (TPSA) is 87.2 Å². The van der Waals surface area contributed by atoms with E-state index in [9.17, 15) is 4.79 Å². The smallest absolute Gasteiger partial charge is 0.321 e. The van der Waals surface area contributed by atoms with E-state index in [1.54, 1.807) is 7.11 Å². The van der Waals surface area contributed by atoms with E-state index < -0.39 is 0 Å². The first kappa shape index (κ1) is 23.2. The van der Waals surface area contributed by atoms with Crippen molar-refractivity contribution in [3.8, 4) is 11.5 Å². The second-order valence-electron chi connectivity index (χ2n) is 7.44. The van der Waals surface area contributed by atoms with Crippen molar-refractivity contribution in [1.29, 1.82) is 0 Å². The van der Waals surface area contributed by atoms with Crippen molar-refractivity contribution in [3.05, 3.63) is 48.0 Å². The fourth-order valence-corrected chi connectivity index (χ4v) is 3.51. The Balaban J connectivity index is 1.67. The highest BCUT2D eigenvalue weighted by Gasteiger charge is 2.17. The van der Waals surface area contributed by atoms with Crippen molar-refractivity contribution in [3.63, 3.8) is 0 Å². The summed E-state index contributed by atoms with van der Waals surface area (Å²) in [6.45, 7) is 7.36. The lowest BCUT2D eigenvalue weighted by Gasteiger charge is -2.16. The van der Waals surface area contributed by atoms with Gasteiger partial charge in [0.15, 0.2) is 17.5 Å². The molecule has 1 aliphatic heterocycles. The number of urea groups is 1. The van der Waals surface area contributed by atoms with Gasteiger partial charge < -0.3 is 30.3 Å². The molecule has 0 aliphatic carbocycles. The Hall–Kier alpha value is -3.42. The van der Waals surface area contributed by atoms with Gasteiger partial charge in [0.25, 0.3) is 0 Å². The van der Waals surface area contributed by atoms with E-state index in [0.29, 0.717) is 30.6 Å². The fraction of sp³-hybridized carbons (Fsp3) is 0.417. The number of ether oxygens (including phenoxy) is 2. The molecule has 3 N–H and O–H groups in total. The quantitative estimate of drug-likeness (QED) is 0.422. The molecule has 2 aromatic carbocycles. The Labute approximate surface area is 190 Å². The fourth-order valence-electron chi connectivity index (χ4n) is 3.51. The number of guanidine groups is 1. The molecule has 2 amide bonds. The number of benzene rings is 2. The van der Waals surface area contributed by atoms with Gasteiger partial charge in [-0.3, -0.25) is 0 Å². The summed E-state index contributed by atoms with van der Waals surface area (Å²) < 4.78 is 11.0. The van der Waals surface area contributed by atoms with Crippen LogP contribution in [0.25, 0.3) is 0 Å². The van der Waals surface area contributed by atoms with Gasteiger partial charge in [0.05, 0.1) is 20.3 Å². The second-order valence-corrected chi connectivity index (χ2v) is 7.44. The molecule has 1 saturated heterocycles. The maximum atomic E-state index is 12.3. The molecule has 32 heavy (non-hydrogen) atoms. The molecule has 0 spiro atoms. The average Bonchev–Trinajstić information content (AvgIpc) is 3.34. The van der Waals surface area contributed by atoms with E-state index in [-0.39, 0.29) is 6.03 Å². The van der Waals surface area contributed by atoms with Crippen LogP contribution in [0.3, 0.4) is 0 Å². The molecular weight excluding hydrogens is 406 g/mol. The third-order valence-corrected chi connectivity index (χ3v) is 5.06. The molecule has 0 radical (unpaired) electrons. The Bertz CT molecular complexity index is 926. The Morgan fingerprint density at radius 3 is 2.53 bits per heavy atom. The largest absolute Gasteiger partial charge is 0.493 e. The molecule has 0 bridgehead atoms. The van der Waals surface area contributed by atoms with E-state index in [1.807, 2.05) is 61.2 Å². The van der Waals surface area contributed by atoms with Gasteiger partial charge in [-0.25, -0.2) is 9.79 Å². The highest BCUT2D eigenvalue weighted by atomic mass is 16.5. The van der Waals surface area contributed by atoms with Gasteiger partial charge in [0.1, 0.15) is 0 Å². The van der Waals surface area contributed by atoms with Crippen LogP contribution < -0.4 is 25.4 Å². The number of likely N-dealkylation sites (tertiary alicyclic amines) is 1. The Morgan fingerprint density at radius 2 is 1.81 bits per heavy atom. The summed E-state index contributed by atoms with van der Waals surface area (Å²) in [5, 5.41) is 9.55. The standard InChI is InChI=1S/C24H33N5O3/c1-4-25-23(27-20-11-12-21(31-3)22(16-20)32-5-2)26-17-18-9-8-10-19(15-18)28-24(30)29-13-6-7-14-29/h8-12,15-16H,4-7,13-14,17H2,1-3H3,(H,28,30)(H2,25,26,27). The lowest BCUT2D eigenvalue weighted by Crippen LogP contribution is -2.32. The number of hydrogen-bond acceptors (Lipinski definition) is 4. The first-order valence-corrected chi connectivity index (χ1v) is 11.1. The number of anilines is 2. The molecule has 8 nitrogen and oxygen atoms in total. The zero-order valence-corrected chi connectivity index (χ0v) is 19.1. The van der Waals surface area contributed by atoms with Crippen molar-refractivity contribution >= 4 is 23.4 Å². The number of aliphatic imine (C=N–C) groups is 1. The van der Waals surface area contributed by atoms with Crippen molar-refractivity contribution in [2.75, 3.05) is 44.0 Å². The summed E-state index contributed by atoms with van der Waals surface area (Å²) in [7, 11) is 1.62. The predicted molar refractivity (Wildman–Crippen MR) is 129 cm³/mol. The molecular formula is C24H33N5O3. The Morgan fingerprint density at radius 1 is 1.03 bits per heavy atom. The average molecular weight is 440 g/mol. The third-order valence-electron chi connectivity index (χ3n) is 5.06. The summed E-state index contributed by atoms with van der Waals surface area (Å²) in [6.07, 6.45) is 2.14. The number of nitrogens with zero attached hydrogens (tertiary/aromatic N) is 2. The highest BCUT2D eigenvalue weighted by Crippen LogP contribution is 2.30. The molecule has 1 aliphatic rings. The molecule has 0 aromatic heterocycles. The first-order valence-electron chi connectivity index (χ1n) is 11.1. The van der Waals surface area contributed by atoms with Crippen LogP contribution >= 0.6 is 0 Å². The number of carbonyl (C=O) groups excluding carboxylic acids is 1. The minimum Gasteiger partial charge on any atom is -0.493 e. The first-order chi connectivity index (χ1) is 15.6. The van der Waals surface area contributed by atoms with Gasteiger partial charge in [0, 0.05) is 37.1 Å². The summed E-state index contributed by atoms with van der Waals surface area (Å²) >= 11 is 0. The van der Waals surface area contributed by atoms with Gasteiger partial charge in [-0.05, 0) is 56.5 Å². The summed E-state index contributed by atoms with van der Waals surface area (Å²) in [4.78, 5) is 18.9. The van der Waals surface area contributed by atoms with E-state index in [4.69, 9.17) is 14.5 Å². The molecule has 1 fully saturated rings. The van der Waals surface area contributed by atoms with E-state index in [0.717, 1.165) is 49.4 Å². The number of hydrogen-bond donors (Lipinski definition) is 3. The number of amides is 2. The Kier molecular flexibility index (Phi) is 8.60. The third kappa shape index (κ3) is 6.54.